The molecule has 4 heteroatoms. The Morgan fingerprint density at radius 2 is 1.07 bits per heavy atom. The molecular weight excluding hydrogens is 248 g/mol. The summed E-state index contributed by atoms with van der Waals surface area (Å²) in [5.74, 6) is 0. The number of rotatable bonds is 2. The molecule has 2 heterocycles. The maximum absolute atomic E-state index is 2.30. The van der Waals surface area contributed by atoms with Gasteiger partial charge in [0.05, 0.1) is 9.16 Å². The molecular formula is C10H10S4. The van der Waals surface area contributed by atoms with Gasteiger partial charge in [-0.15, -0.1) is 47.0 Å². The minimum atomic E-state index is 0.714. The minimum absolute atomic E-state index is 0.714. The quantitative estimate of drug-likeness (QED) is 0.762. The molecule has 2 aliphatic rings. The standard InChI is InChI=1S/C10H10S4/c1-2-8(10-13-6-14-10)4-3-7(1)9-11-5-12-9/h1-4,9-10H,5-6H2. The summed E-state index contributed by atoms with van der Waals surface area (Å²) >= 11 is 8.18. The van der Waals surface area contributed by atoms with Crippen LogP contribution in [-0.2, 0) is 0 Å². The Morgan fingerprint density at radius 3 is 1.29 bits per heavy atom. The molecule has 2 fully saturated rings. The summed E-state index contributed by atoms with van der Waals surface area (Å²) in [4.78, 5) is 0. The first-order valence-corrected chi connectivity index (χ1v) is 8.69. The van der Waals surface area contributed by atoms with E-state index < -0.39 is 0 Å². The van der Waals surface area contributed by atoms with Gasteiger partial charge in [-0.3, -0.25) is 0 Å². The van der Waals surface area contributed by atoms with Gasteiger partial charge in [-0.05, 0) is 11.1 Å². The summed E-state index contributed by atoms with van der Waals surface area (Å²) in [7, 11) is 0. The molecule has 2 saturated heterocycles. The Labute approximate surface area is 101 Å². The lowest BCUT2D eigenvalue weighted by Gasteiger charge is -2.27. The normalized spacial score (nSPS) is 22.9. The van der Waals surface area contributed by atoms with E-state index in [2.05, 4.69) is 24.3 Å². The topological polar surface area (TPSA) is 0 Å². The molecule has 0 aliphatic carbocycles. The fourth-order valence-electron chi connectivity index (χ4n) is 1.47. The SMILES string of the molecule is c1cc(C2SCS2)ccc1C1SCS1. The van der Waals surface area contributed by atoms with Crippen LogP contribution in [0, 0.1) is 0 Å². The van der Waals surface area contributed by atoms with Crippen molar-refractivity contribution in [3.8, 4) is 0 Å². The fourth-order valence-corrected chi connectivity index (χ4v) is 5.04. The van der Waals surface area contributed by atoms with Crippen LogP contribution in [-0.4, -0.2) is 10.2 Å². The molecule has 0 nitrogen and oxygen atoms in total. The Morgan fingerprint density at radius 1 is 0.714 bits per heavy atom. The lowest BCUT2D eigenvalue weighted by molar-refractivity contribution is 1.30. The number of benzene rings is 1. The van der Waals surface area contributed by atoms with Gasteiger partial charge in [-0.1, -0.05) is 24.3 Å². The second-order valence-electron chi connectivity index (χ2n) is 3.23. The monoisotopic (exact) mass is 258 g/mol. The lowest BCUT2D eigenvalue weighted by Crippen LogP contribution is -2.01. The van der Waals surface area contributed by atoms with Crippen molar-refractivity contribution < 1.29 is 0 Å². The van der Waals surface area contributed by atoms with Crippen LogP contribution in [0.25, 0.3) is 0 Å². The molecule has 14 heavy (non-hydrogen) atoms. The number of hydrogen-bond donors (Lipinski definition) is 0. The van der Waals surface area contributed by atoms with Gasteiger partial charge in [-0.25, -0.2) is 0 Å². The summed E-state index contributed by atoms with van der Waals surface area (Å²) in [6.45, 7) is 0. The molecule has 2 aliphatic heterocycles. The van der Waals surface area contributed by atoms with Gasteiger partial charge in [0.15, 0.2) is 0 Å². The molecule has 0 bridgehead atoms. The molecule has 0 atom stereocenters. The van der Waals surface area contributed by atoms with Crippen molar-refractivity contribution in [1.82, 2.24) is 0 Å². The highest BCUT2D eigenvalue weighted by Gasteiger charge is 2.23. The van der Waals surface area contributed by atoms with Gasteiger partial charge in [0.2, 0.25) is 0 Å². The zero-order valence-corrected chi connectivity index (χ0v) is 10.8. The Hall–Kier alpha value is 0.620. The Bertz CT molecular complexity index is 280. The number of hydrogen-bond acceptors (Lipinski definition) is 4. The average molecular weight is 258 g/mol. The van der Waals surface area contributed by atoms with E-state index in [1.165, 1.54) is 21.3 Å². The summed E-state index contributed by atoms with van der Waals surface area (Å²) in [5, 5.41) is 2.53. The van der Waals surface area contributed by atoms with Crippen LogP contribution >= 0.6 is 47.0 Å². The molecule has 0 unspecified atom stereocenters. The van der Waals surface area contributed by atoms with E-state index in [0.717, 1.165) is 0 Å². The number of thioether (sulfide) groups is 4. The van der Waals surface area contributed by atoms with E-state index in [1.54, 1.807) is 0 Å². The van der Waals surface area contributed by atoms with Crippen LogP contribution in [0.2, 0.25) is 0 Å². The first-order chi connectivity index (χ1) is 6.93. The highest BCUT2D eigenvalue weighted by molar-refractivity contribution is 8.32. The molecule has 3 rings (SSSR count). The average Bonchev–Trinajstić information content (AvgIpc) is 2.02. The van der Waals surface area contributed by atoms with E-state index in [-0.39, 0.29) is 0 Å². The molecule has 0 saturated carbocycles. The Balaban J connectivity index is 1.75. The van der Waals surface area contributed by atoms with E-state index >= 15 is 0 Å². The summed E-state index contributed by atoms with van der Waals surface area (Å²) in [5.41, 5.74) is 2.98. The first kappa shape index (κ1) is 9.82. The van der Waals surface area contributed by atoms with Gasteiger partial charge in [0.1, 0.15) is 0 Å². The maximum Gasteiger partial charge on any atom is 0.0767 e. The lowest BCUT2D eigenvalue weighted by atomic mass is 10.2. The van der Waals surface area contributed by atoms with Crippen molar-refractivity contribution in [3.63, 3.8) is 0 Å². The van der Waals surface area contributed by atoms with Crippen LogP contribution in [0.4, 0.5) is 0 Å². The van der Waals surface area contributed by atoms with Crippen molar-refractivity contribution in [2.24, 2.45) is 0 Å². The molecule has 0 N–H and O–H groups in total. The van der Waals surface area contributed by atoms with Crippen LogP contribution in [0.3, 0.4) is 0 Å². The largest absolute Gasteiger partial charge is 0.132 e. The van der Waals surface area contributed by atoms with E-state index in [1.807, 2.05) is 47.0 Å². The van der Waals surface area contributed by atoms with Crippen molar-refractivity contribution in [2.45, 2.75) is 9.16 Å². The van der Waals surface area contributed by atoms with E-state index in [0.29, 0.717) is 9.16 Å². The van der Waals surface area contributed by atoms with Gasteiger partial charge in [0, 0.05) is 10.2 Å². The van der Waals surface area contributed by atoms with Crippen LogP contribution < -0.4 is 0 Å². The second-order valence-corrected chi connectivity index (χ2v) is 8.93. The van der Waals surface area contributed by atoms with Gasteiger partial charge in [0.25, 0.3) is 0 Å². The predicted molar refractivity (Wildman–Crippen MR) is 72.0 cm³/mol. The second kappa shape index (κ2) is 4.24. The fraction of sp³-hybridized carbons (Fsp3) is 0.400. The van der Waals surface area contributed by atoms with Gasteiger partial charge < -0.3 is 0 Å². The highest BCUT2D eigenvalue weighted by atomic mass is 32.3. The molecule has 74 valence electrons. The molecule has 1 aromatic carbocycles. The van der Waals surface area contributed by atoms with Crippen molar-refractivity contribution in [3.05, 3.63) is 35.4 Å². The van der Waals surface area contributed by atoms with E-state index in [9.17, 15) is 0 Å². The molecule has 0 amide bonds. The third-order valence-corrected chi connectivity index (χ3v) is 8.47. The molecule has 0 aromatic heterocycles. The van der Waals surface area contributed by atoms with E-state index in [4.69, 9.17) is 0 Å². The predicted octanol–water partition coefficient (Wildman–Crippen LogP) is 4.56. The zero-order valence-electron chi connectivity index (χ0n) is 7.51. The molecule has 0 spiro atoms. The first-order valence-electron chi connectivity index (χ1n) is 4.50. The maximum atomic E-state index is 2.30. The van der Waals surface area contributed by atoms with Crippen LogP contribution in [0.5, 0.6) is 0 Å². The van der Waals surface area contributed by atoms with Crippen LogP contribution in [0.15, 0.2) is 24.3 Å². The van der Waals surface area contributed by atoms with Crippen molar-refractivity contribution >= 4 is 47.0 Å². The minimum Gasteiger partial charge on any atom is -0.132 e. The highest BCUT2D eigenvalue weighted by Crippen LogP contribution is 2.53. The zero-order chi connectivity index (χ0) is 9.38. The molecule has 1 aromatic rings. The third-order valence-electron chi connectivity index (χ3n) is 2.36. The van der Waals surface area contributed by atoms with Crippen molar-refractivity contribution in [1.29, 1.82) is 0 Å². The summed E-state index contributed by atoms with van der Waals surface area (Å²) in [6, 6.07) is 9.22. The van der Waals surface area contributed by atoms with Crippen molar-refractivity contribution in [2.75, 3.05) is 10.2 Å². The summed E-state index contributed by atoms with van der Waals surface area (Å²) < 4.78 is 1.43. The van der Waals surface area contributed by atoms with Crippen LogP contribution in [0.1, 0.15) is 20.3 Å². The Kier molecular flexibility index (Phi) is 2.97. The van der Waals surface area contributed by atoms with Gasteiger partial charge in [-0.2, -0.15) is 0 Å². The summed E-state index contributed by atoms with van der Waals surface area (Å²) in [6.07, 6.45) is 0. The van der Waals surface area contributed by atoms with Gasteiger partial charge >= 0.3 is 0 Å². The third kappa shape index (κ3) is 1.82. The smallest absolute Gasteiger partial charge is 0.0767 e. The molecule has 0 radical (unpaired) electrons.